The van der Waals surface area contributed by atoms with Crippen molar-refractivity contribution >= 4 is 25.3 Å². The summed E-state index contributed by atoms with van der Waals surface area (Å²) in [5, 5.41) is 0. The summed E-state index contributed by atoms with van der Waals surface area (Å²) in [6.45, 7) is 1.80. The van der Waals surface area contributed by atoms with E-state index in [0.717, 1.165) is 0 Å². The van der Waals surface area contributed by atoms with Gasteiger partial charge in [0.1, 0.15) is 0 Å². The van der Waals surface area contributed by atoms with E-state index in [4.69, 9.17) is 0 Å². The molecule has 0 nitrogen and oxygen atoms in total. The van der Waals surface area contributed by atoms with Crippen LogP contribution in [0.5, 0.6) is 0 Å². The normalized spacial score (nSPS) is 6.00. The fraction of sp³-hybridized carbons (Fsp3) is 1.00. The average molecular weight is 138 g/mol. The fourth-order valence-electron chi connectivity index (χ4n) is 0. The second-order valence-electron chi connectivity index (χ2n) is 0.568. The maximum Gasteiger partial charge on any atom is 1.00 e. The molecule has 0 radical (unpaired) electrons. The molecule has 0 aliphatic heterocycles. The molecule has 0 bridgehead atoms. The van der Waals surface area contributed by atoms with Crippen LogP contribution in [0.15, 0.2) is 0 Å². The van der Waals surface area contributed by atoms with E-state index < -0.39 is 0 Å². The summed E-state index contributed by atoms with van der Waals surface area (Å²) in [5.41, 5.74) is 0. The van der Waals surface area contributed by atoms with Crippen LogP contribution < -0.4 is 59.1 Å². The van der Waals surface area contributed by atoms with Gasteiger partial charge in [0.2, 0.25) is 0 Å². The SMILES string of the molecule is CC([S-])[S-].[Na+].[Na+]. The predicted octanol–water partition coefficient (Wildman–Crippen LogP) is -5.57. The van der Waals surface area contributed by atoms with Crippen LogP contribution in [0.3, 0.4) is 0 Å². The van der Waals surface area contributed by atoms with Crippen LogP contribution in [-0.4, -0.2) is 4.58 Å². The largest absolute Gasteiger partial charge is 1.00 e. The molecule has 0 aromatic carbocycles. The molecule has 0 heterocycles. The van der Waals surface area contributed by atoms with E-state index in [1.165, 1.54) is 0 Å². The van der Waals surface area contributed by atoms with Crippen LogP contribution >= 0.6 is 0 Å². The molecule has 0 spiro atoms. The minimum atomic E-state index is 0. The van der Waals surface area contributed by atoms with Gasteiger partial charge in [0.15, 0.2) is 0 Å². The van der Waals surface area contributed by atoms with Gasteiger partial charge in [-0.15, -0.1) is 6.92 Å². The molecule has 0 unspecified atom stereocenters. The first-order valence-electron chi connectivity index (χ1n) is 1.05. The fourth-order valence-corrected chi connectivity index (χ4v) is 0. The smallest absolute Gasteiger partial charge is 0.815 e. The number of hydrogen-bond acceptors (Lipinski definition) is 2. The van der Waals surface area contributed by atoms with Gasteiger partial charge in [-0.05, 0) is 0 Å². The second-order valence-corrected chi connectivity index (χ2v) is 2.28. The van der Waals surface area contributed by atoms with E-state index in [1.54, 1.807) is 6.92 Å². The van der Waals surface area contributed by atoms with Gasteiger partial charge in [-0.3, -0.25) is 4.58 Å². The summed E-state index contributed by atoms with van der Waals surface area (Å²) in [5.74, 6) is 0. The van der Waals surface area contributed by atoms with Crippen LogP contribution in [0.4, 0.5) is 0 Å². The third kappa shape index (κ3) is 29.9. The van der Waals surface area contributed by atoms with Crippen molar-refractivity contribution in [2.24, 2.45) is 0 Å². The Morgan fingerprint density at radius 2 is 1.17 bits per heavy atom. The Bertz CT molecular complexity index is 14.3. The first-order valence-corrected chi connectivity index (χ1v) is 1.99. The molecule has 0 aromatic rings. The van der Waals surface area contributed by atoms with Gasteiger partial charge in [-0.25, -0.2) is 0 Å². The van der Waals surface area contributed by atoms with E-state index in [2.05, 4.69) is 25.3 Å². The molecule has 6 heavy (non-hydrogen) atoms. The molecule has 0 N–H and O–H groups in total. The zero-order valence-electron chi connectivity index (χ0n) is 4.39. The van der Waals surface area contributed by atoms with E-state index in [9.17, 15) is 0 Å². The van der Waals surface area contributed by atoms with Gasteiger partial charge in [0.05, 0.1) is 0 Å². The van der Waals surface area contributed by atoms with Crippen molar-refractivity contribution in [3.05, 3.63) is 0 Å². The molecule has 4 heteroatoms. The molecule has 0 amide bonds. The van der Waals surface area contributed by atoms with E-state index in [-0.39, 0.29) is 63.7 Å². The summed E-state index contributed by atoms with van der Waals surface area (Å²) in [6, 6.07) is 0. The average Bonchev–Trinajstić information content (AvgIpc) is 0.811. The number of hydrogen-bond donors (Lipinski definition) is 0. The first-order chi connectivity index (χ1) is 1.73. The summed E-state index contributed by atoms with van der Waals surface area (Å²) in [7, 11) is 0. The van der Waals surface area contributed by atoms with E-state index in [1.807, 2.05) is 0 Å². The van der Waals surface area contributed by atoms with Crippen LogP contribution in [0.1, 0.15) is 6.92 Å². The quantitative estimate of drug-likeness (QED) is 0.242. The Kier molecular flexibility index (Phi) is 28.2. The van der Waals surface area contributed by atoms with Gasteiger partial charge in [-0.2, -0.15) is 0 Å². The van der Waals surface area contributed by atoms with Crippen molar-refractivity contribution in [3.8, 4) is 0 Å². The van der Waals surface area contributed by atoms with Gasteiger partial charge < -0.3 is 25.3 Å². The first kappa shape index (κ1) is 15.9. The van der Waals surface area contributed by atoms with Crippen LogP contribution in [0.2, 0.25) is 0 Å². The predicted molar refractivity (Wildman–Crippen MR) is 24.2 cm³/mol. The second kappa shape index (κ2) is 10.6. The van der Waals surface area contributed by atoms with Gasteiger partial charge in [0, 0.05) is 0 Å². The molecule has 26 valence electrons. The maximum atomic E-state index is 4.44. The zero-order chi connectivity index (χ0) is 3.58. The Morgan fingerprint density at radius 3 is 1.17 bits per heavy atom. The van der Waals surface area contributed by atoms with Gasteiger partial charge in [0.25, 0.3) is 0 Å². The van der Waals surface area contributed by atoms with Crippen molar-refractivity contribution in [1.82, 2.24) is 0 Å². The number of rotatable bonds is 0. The topological polar surface area (TPSA) is 0 Å². The van der Waals surface area contributed by atoms with Gasteiger partial charge in [-0.1, -0.05) is 0 Å². The molecule has 0 atom stereocenters. The molecular formula is C2H4Na2S2. The van der Waals surface area contributed by atoms with Crippen LogP contribution in [0.25, 0.3) is 0 Å². The Balaban J connectivity index is -0.0000000450. The maximum absolute atomic E-state index is 4.44. The molecule has 0 fully saturated rings. The molecule has 0 rings (SSSR count). The summed E-state index contributed by atoms with van der Waals surface area (Å²) in [6.07, 6.45) is 0. The van der Waals surface area contributed by atoms with Gasteiger partial charge >= 0.3 is 59.1 Å². The van der Waals surface area contributed by atoms with Crippen molar-refractivity contribution in [2.45, 2.75) is 11.5 Å². The molecule has 0 aromatic heterocycles. The van der Waals surface area contributed by atoms with Crippen molar-refractivity contribution in [2.75, 3.05) is 0 Å². The van der Waals surface area contributed by atoms with E-state index in [0.29, 0.717) is 0 Å². The molecular weight excluding hydrogens is 134 g/mol. The minimum absolute atomic E-state index is 0. The third-order valence-corrected chi connectivity index (χ3v) is 0. The summed E-state index contributed by atoms with van der Waals surface area (Å²) >= 11 is 8.87. The van der Waals surface area contributed by atoms with Crippen LogP contribution in [0, 0.1) is 0 Å². The monoisotopic (exact) mass is 138 g/mol. The Morgan fingerprint density at radius 1 is 1.17 bits per heavy atom. The summed E-state index contributed by atoms with van der Waals surface area (Å²) in [4.78, 5) is 0. The summed E-state index contributed by atoms with van der Waals surface area (Å²) < 4.78 is 0. The molecule has 0 aliphatic rings. The third-order valence-electron chi connectivity index (χ3n) is 0. The minimum Gasteiger partial charge on any atom is -0.815 e. The van der Waals surface area contributed by atoms with Crippen molar-refractivity contribution < 1.29 is 59.1 Å². The standard InChI is InChI=1S/C2H6S2.2Na/c1-2(3)4;;/h2-4H,1H3;;/q;2*+1/p-2. The Labute approximate surface area is 94.2 Å². The molecule has 0 saturated carbocycles. The molecule has 0 saturated heterocycles. The van der Waals surface area contributed by atoms with Crippen molar-refractivity contribution in [1.29, 1.82) is 0 Å². The van der Waals surface area contributed by atoms with Crippen molar-refractivity contribution in [3.63, 3.8) is 0 Å². The molecule has 0 aliphatic carbocycles. The zero-order valence-corrected chi connectivity index (χ0v) is 10.0. The van der Waals surface area contributed by atoms with E-state index >= 15 is 0 Å². The Hall–Kier alpha value is 2.70. The van der Waals surface area contributed by atoms with Crippen LogP contribution in [-0.2, 0) is 25.3 Å².